The van der Waals surface area contributed by atoms with E-state index in [1.54, 1.807) is 0 Å². The van der Waals surface area contributed by atoms with Crippen molar-refractivity contribution in [2.24, 2.45) is 0 Å². The van der Waals surface area contributed by atoms with Gasteiger partial charge in [0.15, 0.2) is 35.4 Å². The number of rotatable bonds is 16. The van der Waals surface area contributed by atoms with E-state index in [1.807, 2.05) is 0 Å². The maximum Gasteiger partial charge on any atom is 1.00 e. The van der Waals surface area contributed by atoms with Gasteiger partial charge < -0.3 is 65.8 Å². The first-order valence-electron chi connectivity index (χ1n) is 15.0. The van der Waals surface area contributed by atoms with Crippen LogP contribution >= 0.6 is 39.1 Å². The zero-order valence-corrected chi connectivity index (χ0v) is 35.0. The number of aromatic nitrogens is 8. The fraction of sp³-hybridized carbons (Fsp3) is 0.500. The fourth-order valence-corrected chi connectivity index (χ4v) is 11.4. The average Bonchev–Trinajstić information content (AvgIpc) is 3.83. The quantitative estimate of drug-likeness (QED) is 0.0382. The molecule has 0 spiro atoms. The van der Waals surface area contributed by atoms with Crippen LogP contribution in [0.25, 0.3) is 22.3 Å². The number of phosphoric ester groups is 2. The van der Waals surface area contributed by atoms with Gasteiger partial charge in [0.25, 0.3) is 23.5 Å². The number of nitrogen functional groups attached to an aromatic ring is 2. The molecule has 2 fully saturated rings. The van der Waals surface area contributed by atoms with Gasteiger partial charge in [-0.2, -0.15) is 0 Å². The minimum absolute atomic E-state index is 0. The van der Waals surface area contributed by atoms with Gasteiger partial charge in [0.2, 0.25) is 0 Å². The number of hydrogen-bond acceptors (Lipinski definition) is 28. The van der Waals surface area contributed by atoms with E-state index in [1.165, 1.54) is 0 Å². The van der Waals surface area contributed by atoms with Crippen LogP contribution in [0.5, 0.6) is 0 Å². The molecule has 2 saturated heterocycles. The zero-order chi connectivity index (χ0) is 41.9. The van der Waals surface area contributed by atoms with E-state index in [-0.39, 0.29) is 90.5 Å². The summed E-state index contributed by atoms with van der Waals surface area (Å²) >= 11 is 0. The molecular formula is C20H26Li3N10O22P5. The first-order chi connectivity index (χ1) is 26.4. The molecule has 0 radical (unpaired) electrons. The number of ether oxygens (including phenoxy) is 2. The van der Waals surface area contributed by atoms with Crippen LogP contribution in [0.3, 0.4) is 0 Å². The van der Waals surface area contributed by atoms with Crippen LogP contribution in [0.4, 0.5) is 11.6 Å². The molecule has 0 aromatic carbocycles. The van der Waals surface area contributed by atoms with E-state index in [9.17, 15) is 67.7 Å². The van der Waals surface area contributed by atoms with Crippen LogP contribution in [-0.2, 0) is 58.6 Å². The van der Waals surface area contributed by atoms with E-state index in [0.717, 1.165) is 34.4 Å². The number of aliphatic hydroxyl groups is 4. The Morgan fingerprint density at radius 3 is 1.27 bits per heavy atom. The Balaban J connectivity index is 0.00000320. The Morgan fingerprint density at radius 2 is 0.917 bits per heavy atom. The molecule has 2 aliphatic rings. The minimum Gasteiger partial charge on any atom is -0.756 e. The monoisotopic (exact) mass is 934 g/mol. The number of nitrogens with two attached hydrogens (primary N) is 2. The maximum atomic E-state index is 12.3. The van der Waals surface area contributed by atoms with Gasteiger partial charge in [-0.3, -0.25) is 31.9 Å². The molecule has 10 N–H and O–H groups in total. The van der Waals surface area contributed by atoms with Crippen LogP contribution in [-0.4, -0.2) is 119 Å². The van der Waals surface area contributed by atoms with Gasteiger partial charge in [0.05, 0.1) is 25.9 Å². The van der Waals surface area contributed by atoms with Crippen molar-refractivity contribution in [1.82, 2.24) is 39.0 Å². The van der Waals surface area contributed by atoms with Gasteiger partial charge in [0, 0.05) is 0 Å². The van der Waals surface area contributed by atoms with Gasteiger partial charge >= 0.3 is 72.2 Å². The molecule has 2 aliphatic heterocycles. The van der Waals surface area contributed by atoms with Crippen LogP contribution in [0, 0.1) is 0 Å². The van der Waals surface area contributed by atoms with Crippen molar-refractivity contribution in [3.05, 3.63) is 25.3 Å². The number of fused-ring (bicyclic) bond motifs is 2. The third-order valence-electron chi connectivity index (χ3n) is 7.61. The molecule has 4 unspecified atom stereocenters. The van der Waals surface area contributed by atoms with Crippen molar-refractivity contribution >= 4 is 73.1 Å². The van der Waals surface area contributed by atoms with E-state index < -0.39 is 101 Å². The van der Waals surface area contributed by atoms with Crippen molar-refractivity contribution < 1.29 is 160 Å². The average molecular weight is 934 g/mol. The van der Waals surface area contributed by atoms with E-state index in [2.05, 4.69) is 56.2 Å². The van der Waals surface area contributed by atoms with Crippen LogP contribution in [0.1, 0.15) is 12.5 Å². The molecule has 0 amide bonds. The summed E-state index contributed by atoms with van der Waals surface area (Å²) in [7, 11) is -32.1. The van der Waals surface area contributed by atoms with Crippen LogP contribution in [0.2, 0.25) is 0 Å². The topological polar surface area (TPSA) is 489 Å². The summed E-state index contributed by atoms with van der Waals surface area (Å²) in [5.41, 5.74) is 11.6. The Kier molecular flexibility index (Phi) is 17.8. The second kappa shape index (κ2) is 20.0. The van der Waals surface area contributed by atoms with Gasteiger partial charge in [0.1, 0.15) is 60.3 Å². The number of phosphoric acid groups is 5. The number of aliphatic hydroxyl groups excluding tert-OH is 4. The molecule has 6 heterocycles. The molecule has 0 aliphatic carbocycles. The Morgan fingerprint density at radius 1 is 0.583 bits per heavy atom. The molecule has 0 bridgehead atoms. The summed E-state index contributed by atoms with van der Waals surface area (Å²) < 4.78 is 97.1. The van der Waals surface area contributed by atoms with Gasteiger partial charge in [-0.25, -0.2) is 56.3 Å². The second-order valence-corrected chi connectivity index (χ2v) is 19.1. The number of anilines is 2. The maximum absolute atomic E-state index is 12.3. The normalized spacial score (nSPS) is 29.2. The van der Waals surface area contributed by atoms with Gasteiger partial charge in [-0.1, -0.05) is 0 Å². The molecule has 4 aromatic heterocycles. The molecule has 60 heavy (non-hydrogen) atoms. The molecular weight excluding hydrogens is 908 g/mol. The Labute approximate surface area is 369 Å². The van der Waals surface area contributed by atoms with Crippen molar-refractivity contribution in [3.8, 4) is 0 Å². The first kappa shape index (κ1) is 53.3. The third kappa shape index (κ3) is 12.2. The molecule has 6 rings (SSSR count). The first-order valence-corrected chi connectivity index (χ1v) is 22.4. The smallest absolute Gasteiger partial charge is 0.756 e. The van der Waals surface area contributed by atoms with Gasteiger partial charge in [-0.15, -0.1) is 0 Å². The van der Waals surface area contributed by atoms with Crippen molar-refractivity contribution in [3.63, 3.8) is 0 Å². The summed E-state index contributed by atoms with van der Waals surface area (Å²) in [6.07, 6.45) is -9.36. The molecule has 40 heteroatoms. The van der Waals surface area contributed by atoms with Crippen LogP contribution in [0.15, 0.2) is 25.3 Å². The summed E-state index contributed by atoms with van der Waals surface area (Å²) in [4.78, 5) is 79.3. The zero-order valence-electron chi connectivity index (χ0n) is 30.5. The summed E-state index contributed by atoms with van der Waals surface area (Å²) in [5.74, 6) is -0.105. The summed E-state index contributed by atoms with van der Waals surface area (Å²) in [6, 6.07) is 0. The Bertz CT molecular complexity index is 2250. The standard InChI is InChI=1S/C20H29N10O22P5.3Li/c21-15-9-17(25-3-23-15)29(5-27-9)19-13(33)11(31)7(47-19)1-45-53(35,36)49-55(39,40)51-57(43,44)52-56(41,42)50-54(37,38)46-2-8-12(32)14(34)20(48-8)30-6-28-10-16(22)24-4-26-18(10)30;;;/h3-8,11-14,19-20,31-34H,1-2H2,(H,35,36)(H,37,38)(H,39,40)(H,41,42)(H,43,44)(H2,21,23,25)(H2,22,24,26);;;/q;3*+1/p-3/t7-,8-,11-,12-,13-,14-,19-,20-;;;/m1.../s1. The largest absolute Gasteiger partial charge is 1.00 e. The van der Waals surface area contributed by atoms with Crippen molar-refractivity contribution in [2.75, 3.05) is 24.7 Å². The van der Waals surface area contributed by atoms with Crippen molar-refractivity contribution in [2.45, 2.75) is 49.1 Å². The molecule has 32 nitrogen and oxygen atoms in total. The van der Waals surface area contributed by atoms with E-state index in [0.29, 0.717) is 0 Å². The van der Waals surface area contributed by atoms with E-state index in [4.69, 9.17) is 20.9 Å². The van der Waals surface area contributed by atoms with E-state index >= 15 is 0 Å². The third-order valence-corrected chi connectivity index (χ3v) is 15.0. The summed E-state index contributed by atoms with van der Waals surface area (Å²) in [5, 5.41) is 41.7. The predicted molar refractivity (Wildman–Crippen MR) is 170 cm³/mol. The van der Waals surface area contributed by atoms with Gasteiger partial charge in [-0.05, 0) is 0 Å². The second-order valence-electron chi connectivity index (χ2n) is 11.5. The number of imidazole rings is 2. The number of nitrogens with zero attached hydrogens (tertiary/aromatic N) is 8. The Hall–Kier alpha value is -1.04. The minimum atomic E-state index is -6.82. The SMILES string of the molecule is Nc1ncnc2c1ncn2[C@@H]1O[C@H](COP(=O)(O)OP(=O)([O-])OP(=O)([O-])OP(=O)([O-])OP(=O)(O)OC[C@H]2O[C@@H](n3cnc4c(N)ncnc43)[C@H](O)[C@@H]2O)[C@@H](O)[C@H]1O.[Li+].[Li+].[Li+]. The molecule has 0 saturated carbocycles. The molecule has 4 aromatic rings. The molecule has 316 valence electrons. The number of hydrogen-bond donors (Lipinski definition) is 8. The molecule has 12 atom stereocenters. The van der Waals surface area contributed by atoms with Crippen LogP contribution < -0.4 is 82.7 Å². The predicted octanol–water partition coefficient (Wildman–Crippen LogP) is -13.2. The van der Waals surface area contributed by atoms with Crippen molar-refractivity contribution in [1.29, 1.82) is 0 Å². The fourth-order valence-electron chi connectivity index (χ4n) is 5.23. The summed E-state index contributed by atoms with van der Waals surface area (Å²) in [6.45, 7) is -2.44.